The van der Waals surface area contributed by atoms with Crippen LogP contribution in [0.3, 0.4) is 0 Å². The quantitative estimate of drug-likeness (QED) is 0.678. The Kier molecular flexibility index (Phi) is 6.39. The molecule has 0 aliphatic heterocycles. The summed E-state index contributed by atoms with van der Waals surface area (Å²) in [6.07, 6.45) is 1.70. The summed E-state index contributed by atoms with van der Waals surface area (Å²) in [7, 11) is 1.60. The third-order valence-corrected chi connectivity index (χ3v) is 4.51. The molecule has 3 aromatic rings. The number of rotatable bonds is 3. The average molecular weight is 419 g/mol. The fourth-order valence-corrected chi connectivity index (χ4v) is 2.98. The van der Waals surface area contributed by atoms with Crippen LogP contribution in [-0.4, -0.2) is 23.0 Å². The fraction of sp³-hybridized carbons (Fsp3) is 0.286. The summed E-state index contributed by atoms with van der Waals surface area (Å²) in [5.74, 6) is 1.43. The molecule has 0 radical (unpaired) electrons. The molecule has 0 atom stereocenters. The molecule has 0 unspecified atom stereocenters. The van der Waals surface area contributed by atoms with Gasteiger partial charge in [0.2, 0.25) is 17.7 Å². The van der Waals surface area contributed by atoms with E-state index in [-0.39, 0.29) is 5.56 Å². The van der Waals surface area contributed by atoms with Crippen molar-refractivity contribution in [3.8, 4) is 17.3 Å². The molecule has 9 heteroatoms. The van der Waals surface area contributed by atoms with E-state index in [1.54, 1.807) is 13.3 Å². The summed E-state index contributed by atoms with van der Waals surface area (Å²) in [6.45, 7) is 0. The zero-order valence-electron chi connectivity index (χ0n) is 16.2. The van der Waals surface area contributed by atoms with Gasteiger partial charge in [-0.25, -0.2) is 9.97 Å². The number of carbonyl (C=O) groups is 1. The molecular formula is C21H20F3N3O3. The highest BCUT2D eigenvalue weighted by atomic mass is 19.4. The second kappa shape index (κ2) is 8.98. The van der Waals surface area contributed by atoms with Crippen molar-refractivity contribution in [2.75, 3.05) is 7.11 Å². The zero-order chi connectivity index (χ0) is 21.7. The molecule has 1 aliphatic carbocycles. The van der Waals surface area contributed by atoms with Crippen LogP contribution in [0.4, 0.5) is 13.2 Å². The highest BCUT2D eigenvalue weighted by Crippen LogP contribution is 2.30. The maximum absolute atomic E-state index is 12.1. The smallest absolute Gasteiger partial charge is 0.416 e. The standard InChI is InChI=1S/C13H14N2O2.C8H6F3NO/c1-16-12-8-9(6-7-14-12)13-15-10-4-2-3-5-11(10)17-13;9-8(10,11)6-3-1-2-5(4-6)7(12)13/h6-8H,2-5H2,1H3;1-4H,(H2,12,13). The normalized spacial score (nSPS) is 13.1. The van der Waals surface area contributed by atoms with E-state index in [4.69, 9.17) is 14.9 Å². The Morgan fingerprint density at radius 1 is 1.17 bits per heavy atom. The largest absolute Gasteiger partial charge is 0.481 e. The molecule has 2 N–H and O–H groups in total. The summed E-state index contributed by atoms with van der Waals surface area (Å²) >= 11 is 0. The van der Waals surface area contributed by atoms with Gasteiger partial charge in [-0.1, -0.05) is 6.07 Å². The fourth-order valence-electron chi connectivity index (χ4n) is 2.98. The predicted octanol–water partition coefficient (Wildman–Crippen LogP) is 4.43. The van der Waals surface area contributed by atoms with E-state index in [0.29, 0.717) is 11.8 Å². The summed E-state index contributed by atoms with van der Waals surface area (Å²) in [5.41, 5.74) is 5.84. The van der Waals surface area contributed by atoms with E-state index in [1.165, 1.54) is 18.9 Å². The molecule has 0 saturated heterocycles. The van der Waals surface area contributed by atoms with Crippen molar-refractivity contribution < 1.29 is 27.1 Å². The summed E-state index contributed by atoms with van der Waals surface area (Å²) < 4.78 is 47.1. The Morgan fingerprint density at radius 3 is 2.60 bits per heavy atom. The number of halogens is 3. The lowest BCUT2D eigenvalue weighted by Crippen LogP contribution is -2.13. The van der Waals surface area contributed by atoms with Gasteiger partial charge in [-0.3, -0.25) is 4.79 Å². The number of alkyl halides is 3. The average Bonchev–Trinajstić information content (AvgIpc) is 3.18. The first kappa shape index (κ1) is 21.4. The minimum absolute atomic E-state index is 0.144. The van der Waals surface area contributed by atoms with Gasteiger partial charge >= 0.3 is 6.18 Å². The molecule has 6 nitrogen and oxygen atoms in total. The molecule has 1 aromatic carbocycles. The van der Waals surface area contributed by atoms with Crippen LogP contribution in [-0.2, 0) is 19.0 Å². The molecule has 2 aromatic heterocycles. The monoisotopic (exact) mass is 419 g/mol. The molecular weight excluding hydrogens is 399 g/mol. The van der Waals surface area contributed by atoms with Crippen LogP contribution in [0.5, 0.6) is 5.88 Å². The molecule has 0 fully saturated rings. The van der Waals surface area contributed by atoms with E-state index in [0.717, 1.165) is 48.1 Å². The third kappa shape index (κ3) is 5.16. The SMILES string of the molecule is COc1cc(-c2nc3c(o2)CCCC3)ccn1.NC(=O)c1cccc(C(F)(F)F)c1. The first-order valence-corrected chi connectivity index (χ1v) is 9.24. The number of aromatic nitrogens is 2. The van der Waals surface area contributed by atoms with Crippen molar-refractivity contribution in [3.05, 3.63) is 65.2 Å². The van der Waals surface area contributed by atoms with Crippen molar-refractivity contribution in [1.82, 2.24) is 9.97 Å². The van der Waals surface area contributed by atoms with Crippen molar-refractivity contribution in [2.24, 2.45) is 5.73 Å². The number of hydrogen-bond acceptors (Lipinski definition) is 5. The Labute approximate surface area is 170 Å². The minimum atomic E-state index is -4.44. The Bertz CT molecular complexity index is 1010. The number of ether oxygens (including phenoxy) is 1. The number of benzene rings is 1. The number of fused-ring (bicyclic) bond motifs is 1. The summed E-state index contributed by atoms with van der Waals surface area (Å²) in [6, 6.07) is 7.71. The topological polar surface area (TPSA) is 91.2 Å². The molecule has 4 rings (SSSR count). The lowest BCUT2D eigenvalue weighted by molar-refractivity contribution is -0.137. The molecule has 158 valence electrons. The summed E-state index contributed by atoms with van der Waals surface area (Å²) in [5, 5.41) is 0. The van der Waals surface area contributed by atoms with Gasteiger partial charge in [-0.15, -0.1) is 0 Å². The van der Waals surface area contributed by atoms with Crippen molar-refractivity contribution in [2.45, 2.75) is 31.9 Å². The number of aryl methyl sites for hydroxylation is 2. The van der Waals surface area contributed by atoms with Gasteiger partial charge in [-0.2, -0.15) is 13.2 Å². The number of carbonyl (C=O) groups excluding carboxylic acids is 1. The Hall–Kier alpha value is -3.36. The lowest BCUT2D eigenvalue weighted by atomic mass is 10.0. The zero-order valence-corrected chi connectivity index (χ0v) is 16.2. The predicted molar refractivity (Wildman–Crippen MR) is 103 cm³/mol. The molecule has 2 heterocycles. The number of nitrogens with zero attached hydrogens (tertiary/aromatic N) is 2. The van der Waals surface area contributed by atoms with Gasteiger partial charge in [0.15, 0.2) is 0 Å². The second-order valence-electron chi connectivity index (χ2n) is 6.63. The maximum atomic E-state index is 12.1. The molecule has 1 amide bonds. The number of nitrogens with two attached hydrogens (primary N) is 1. The van der Waals surface area contributed by atoms with Crippen LogP contribution in [0.1, 0.15) is 40.2 Å². The van der Waals surface area contributed by atoms with Crippen LogP contribution in [0, 0.1) is 0 Å². The van der Waals surface area contributed by atoms with E-state index in [9.17, 15) is 18.0 Å². The number of oxazole rings is 1. The van der Waals surface area contributed by atoms with Crippen molar-refractivity contribution >= 4 is 5.91 Å². The van der Waals surface area contributed by atoms with Crippen molar-refractivity contribution in [3.63, 3.8) is 0 Å². The molecule has 1 aliphatic rings. The minimum Gasteiger partial charge on any atom is -0.481 e. The van der Waals surface area contributed by atoms with Crippen LogP contribution >= 0.6 is 0 Å². The number of methoxy groups -OCH3 is 1. The molecule has 30 heavy (non-hydrogen) atoms. The molecule has 0 saturated carbocycles. The Morgan fingerprint density at radius 2 is 1.93 bits per heavy atom. The number of amides is 1. The van der Waals surface area contributed by atoms with E-state index >= 15 is 0 Å². The van der Waals surface area contributed by atoms with Gasteiger partial charge in [-0.05, 0) is 43.5 Å². The van der Waals surface area contributed by atoms with E-state index in [1.807, 2.05) is 12.1 Å². The van der Waals surface area contributed by atoms with Gasteiger partial charge in [0, 0.05) is 29.8 Å². The van der Waals surface area contributed by atoms with Crippen molar-refractivity contribution in [1.29, 1.82) is 0 Å². The number of hydrogen-bond donors (Lipinski definition) is 1. The van der Waals surface area contributed by atoms with Crippen LogP contribution in [0.15, 0.2) is 47.0 Å². The first-order chi connectivity index (χ1) is 14.3. The summed E-state index contributed by atoms with van der Waals surface area (Å²) in [4.78, 5) is 19.2. The molecule has 0 spiro atoms. The maximum Gasteiger partial charge on any atom is 0.416 e. The van der Waals surface area contributed by atoms with Crippen LogP contribution in [0.2, 0.25) is 0 Å². The van der Waals surface area contributed by atoms with E-state index < -0.39 is 17.6 Å². The number of pyridine rings is 1. The Balaban J connectivity index is 0.000000178. The second-order valence-corrected chi connectivity index (χ2v) is 6.63. The lowest BCUT2D eigenvalue weighted by Gasteiger charge is -2.06. The van der Waals surface area contributed by atoms with Gasteiger partial charge in [0.25, 0.3) is 0 Å². The third-order valence-electron chi connectivity index (χ3n) is 4.51. The van der Waals surface area contributed by atoms with Crippen LogP contribution in [0.25, 0.3) is 11.5 Å². The highest BCUT2D eigenvalue weighted by molar-refractivity contribution is 5.92. The van der Waals surface area contributed by atoms with Crippen LogP contribution < -0.4 is 10.5 Å². The highest BCUT2D eigenvalue weighted by Gasteiger charge is 2.30. The van der Waals surface area contributed by atoms with Gasteiger partial charge < -0.3 is 14.9 Å². The van der Waals surface area contributed by atoms with Gasteiger partial charge in [0.1, 0.15) is 5.76 Å². The van der Waals surface area contributed by atoms with E-state index in [2.05, 4.69) is 9.97 Å². The number of primary amides is 1. The molecule has 0 bridgehead atoms. The van der Waals surface area contributed by atoms with Gasteiger partial charge in [0.05, 0.1) is 18.4 Å². The first-order valence-electron chi connectivity index (χ1n) is 9.24.